The largest absolute Gasteiger partial charge is 0.342 e. The Bertz CT molecular complexity index is 850. The first-order valence-corrected chi connectivity index (χ1v) is 11.9. The number of nitrogens with zero attached hydrogens (tertiary/aromatic N) is 4. The third-order valence-corrected chi connectivity index (χ3v) is 7.14. The summed E-state index contributed by atoms with van der Waals surface area (Å²) in [7, 11) is 0. The maximum absolute atomic E-state index is 13.8. The molecule has 0 atom stereocenters. The molecule has 7 heteroatoms. The van der Waals surface area contributed by atoms with E-state index in [9.17, 15) is 14.4 Å². The lowest BCUT2D eigenvalue weighted by atomic mass is 9.84. The molecule has 0 aliphatic carbocycles. The van der Waals surface area contributed by atoms with E-state index < -0.39 is 11.0 Å². The molecule has 0 bridgehead atoms. The zero-order chi connectivity index (χ0) is 22.9. The van der Waals surface area contributed by atoms with Crippen LogP contribution in [0.15, 0.2) is 30.3 Å². The van der Waals surface area contributed by atoms with Crippen LogP contribution >= 0.6 is 0 Å². The number of anilines is 1. The van der Waals surface area contributed by atoms with Gasteiger partial charge in [0.15, 0.2) is 0 Å². The lowest BCUT2D eigenvalue weighted by molar-refractivity contribution is -0.145. The zero-order valence-corrected chi connectivity index (χ0v) is 19.7. The van der Waals surface area contributed by atoms with Crippen molar-refractivity contribution in [3.63, 3.8) is 0 Å². The van der Waals surface area contributed by atoms with Crippen molar-refractivity contribution in [2.75, 3.05) is 44.3 Å². The summed E-state index contributed by atoms with van der Waals surface area (Å²) in [6.07, 6.45) is 4.41. The van der Waals surface area contributed by atoms with Crippen LogP contribution in [-0.4, -0.2) is 77.4 Å². The molecule has 0 radical (unpaired) electrons. The van der Waals surface area contributed by atoms with Crippen molar-refractivity contribution in [3.8, 4) is 0 Å². The lowest BCUT2D eigenvalue weighted by Crippen LogP contribution is -2.58. The molecule has 1 aromatic carbocycles. The van der Waals surface area contributed by atoms with Gasteiger partial charge < -0.3 is 19.6 Å². The van der Waals surface area contributed by atoms with E-state index in [1.165, 1.54) is 6.42 Å². The van der Waals surface area contributed by atoms with Crippen molar-refractivity contribution in [1.82, 2.24) is 14.7 Å². The molecule has 7 nitrogen and oxygen atoms in total. The minimum absolute atomic E-state index is 0.0228. The summed E-state index contributed by atoms with van der Waals surface area (Å²) in [5.41, 5.74) is -0.140. The van der Waals surface area contributed by atoms with Crippen molar-refractivity contribution in [2.24, 2.45) is 5.41 Å². The fraction of sp³-hybridized carbons (Fsp3) is 0.640. The number of rotatable bonds is 3. The first-order valence-electron chi connectivity index (χ1n) is 11.9. The first-order chi connectivity index (χ1) is 15.2. The Morgan fingerprint density at radius 2 is 1.53 bits per heavy atom. The smallest absolute Gasteiger partial charge is 0.250 e. The van der Waals surface area contributed by atoms with E-state index in [4.69, 9.17) is 0 Å². The standard InChI is InChI=1S/C25H36N4O3/c1-24(2,3)22(31)27-16-12-25(13-17-27)23(32)28(18-21(30)26-14-8-5-9-15-26)19-29(25)20-10-6-4-7-11-20/h4,6-7,10-11H,5,8-9,12-19H2,1-3H3. The van der Waals surface area contributed by atoms with Crippen molar-refractivity contribution < 1.29 is 14.4 Å². The second kappa shape index (κ2) is 8.75. The number of hydrogen-bond donors (Lipinski definition) is 0. The molecule has 0 aromatic heterocycles. The maximum Gasteiger partial charge on any atom is 0.250 e. The van der Waals surface area contributed by atoms with Gasteiger partial charge in [0.1, 0.15) is 12.1 Å². The predicted molar refractivity (Wildman–Crippen MR) is 124 cm³/mol. The fourth-order valence-electron chi connectivity index (χ4n) is 5.28. The highest BCUT2D eigenvalue weighted by Crippen LogP contribution is 2.40. The van der Waals surface area contributed by atoms with Crippen LogP contribution in [0.5, 0.6) is 0 Å². The highest BCUT2D eigenvalue weighted by Gasteiger charge is 2.54. The normalized spacial score (nSPS) is 21.4. The molecule has 3 aliphatic heterocycles. The van der Waals surface area contributed by atoms with E-state index in [2.05, 4.69) is 4.90 Å². The summed E-state index contributed by atoms with van der Waals surface area (Å²) in [6, 6.07) is 9.98. The van der Waals surface area contributed by atoms with Gasteiger partial charge in [-0.3, -0.25) is 14.4 Å². The highest BCUT2D eigenvalue weighted by molar-refractivity contribution is 5.96. The summed E-state index contributed by atoms with van der Waals surface area (Å²) in [5.74, 6) is 0.194. The SMILES string of the molecule is CC(C)(C)C(=O)N1CCC2(CC1)C(=O)N(CC(=O)N1CCCCC1)CN2c1ccccc1. The number of benzene rings is 1. The zero-order valence-electron chi connectivity index (χ0n) is 19.7. The van der Waals surface area contributed by atoms with Crippen LogP contribution in [0.2, 0.25) is 0 Å². The minimum atomic E-state index is -0.696. The second-order valence-electron chi connectivity index (χ2n) is 10.4. The molecule has 0 N–H and O–H groups in total. The van der Waals surface area contributed by atoms with Crippen LogP contribution in [0.4, 0.5) is 5.69 Å². The van der Waals surface area contributed by atoms with Crippen LogP contribution < -0.4 is 4.90 Å². The summed E-state index contributed by atoms with van der Waals surface area (Å²) in [5, 5.41) is 0. The van der Waals surface area contributed by atoms with Crippen LogP contribution in [0.1, 0.15) is 52.9 Å². The Morgan fingerprint density at radius 1 is 0.906 bits per heavy atom. The number of carbonyl (C=O) groups is 3. The fourth-order valence-corrected chi connectivity index (χ4v) is 5.28. The minimum Gasteiger partial charge on any atom is -0.342 e. The van der Waals surface area contributed by atoms with Crippen LogP contribution in [0.25, 0.3) is 0 Å². The summed E-state index contributed by atoms with van der Waals surface area (Å²) in [4.78, 5) is 47.2. The molecular weight excluding hydrogens is 404 g/mol. The number of amides is 3. The Hall–Kier alpha value is -2.57. The van der Waals surface area contributed by atoms with Crippen LogP contribution in [-0.2, 0) is 14.4 Å². The first kappa shape index (κ1) is 22.6. The number of carbonyl (C=O) groups excluding carboxylic acids is 3. The van der Waals surface area contributed by atoms with Gasteiger partial charge in [-0.05, 0) is 44.2 Å². The van der Waals surface area contributed by atoms with E-state index in [1.807, 2.05) is 60.9 Å². The molecule has 3 fully saturated rings. The molecule has 0 saturated carbocycles. The highest BCUT2D eigenvalue weighted by atomic mass is 16.2. The monoisotopic (exact) mass is 440 g/mol. The molecule has 1 aromatic rings. The Kier molecular flexibility index (Phi) is 6.19. The molecule has 174 valence electrons. The average Bonchev–Trinajstić information content (AvgIpc) is 3.06. The summed E-state index contributed by atoms with van der Waals surface area (Å²) < 4.78 is 0. The molecule has 3 amide bonds. The molecular formula is C25H36N4O3. The predicted octanol–water partition coefficient (Wildman–Crippen LogP) is 2.71. The third-order valence-electron chi connectivity index (χ3n) is 7.14. The van der Waals surface area contributed by atoms with Gasteiger partial charge in [-0.2, -0.15) is 0 Å². The maximum atomic E-state index is 13.8. The number of hydrogen-bond acceptors (Lipinski definition) is 4. The second-order valence-corrected chi connectivity index (χ2v) is 10.4. The molecule has 3 heterocycles. The molecule has 32 heavy (non-hydrogen) atoms. The molecule has 3 aliphatic rings. The van der Waals surface area contributed by atoms with Gasteiger partial charge in [-0.15, -0.1) is 0 Å². The van der Waals surface area contributed by atoms with E-state index in [1.54, 1.807) is 4.90 Å². The average molecular weight is 441 g/mol. The molecule has 4 rings (SSSR count). The number of likely N-dealkylation sites (tertiary alicyclic amines) is 2. The summed E-state index contributed by atoms with van der Waals surface area (Å²) in [6.45, 7) is 9.04. The van der Waals surface area contributed by atoms with Gasteiger partial charge in [-0.1, -0.05) is 39.0 Å². The topological polar surface area (TPSA) is 64.2 Å². The lowest BCUT2D eigenvalue weighted by Gasteiger charge is -2.44. The van der Waals surface area contributed by atoms with Gasteiger partial charge >= 0.3 is 0 Å². The van der Waals surface area contributed by atoms with Crippen molar-refractivity contribution in [1.29, 1.82) is 0 Å². The summed E-state index contributed by atoms with van der Waals surface area (Å²) >= 11 is 0. The third kappa shape index (κ3) is 4.21. The van der Waals surface area contributed by atoms with Crippen molar-refractivity contribution >= 4 is 23.4 Å². The van der Waals surface area contributed by atoms with Crippen molar-refractivity contribution in [2.45, 2.75) is 58.4 Å². The Morgan fingerprint density at radius 3 is 2.12 bits per heavy atom. The number of piperidine rings is 2. The van der Waals surface area contributed by atoms with Gasteiger partial charge in [-0.25, -0.2) is 0 Å². The Labute approximate surface area is 191 Å². The van der Waals surface area contributed by atoms with Gasteiger partial charge in [0.05, 0.1) is 6.67 Å². The van der Waals surface area contributed by atoms with Crippen molar-refractivity contribution in [3.05, 3.63) is 30.3 Å². The molecule has 3 saturated heterocycles. The van der Waals surface area contributed by atoms with Gasteiger partial charge in [0.25, 0.3) is 5.91 Å². The van der Waals surface area contributed by atoms with E-state index in [-0.39, 0.29) is 24.3 Å². The van der Waals surface area contributed by atoms with Crippen LogP contribution in [0.3, 0.4) is 0 Å². The van der Waals surface area contributed by atoms with Gasteiger partial charge in [0, 0.05) is 37.3 Å². The number of para-hydroxylation sites is 1. The van der Waals surface area contributed by atoms with E-state index in [0.717, 1.165) is 31.6 Å². The van der Waals surface area contributed by atoms with E-state index in [0.29, 0.717) is 32.6 Å². The molecule has 0 unspecified atom stereocenters. The van der Waals surface area contributed by atoms with Gasteiger partial charge in [0.2, 0.25) is 11.8 Å². The quantitative estimate of drug-likeness (QED) is 0.725. The molecule has 1 spiro atoms. The van der Waals surface area contributed by atoms with E-state index >= 15 is 0 Å². The Balaban J connectivity index is 1.54. The van der Waals surface area contributed by atoms with Crippen LogP contribution in [0, 0.1) is 5.41 Å².